The van der Waals surface area contributed by atoms with E-state index in [0.717, 1.165) is 5.88 Å². The summed E-state index contributed by atoms with van der Waals surface area (Å²) in [7, 11) is 3.43. The zero-order valence-electron chi connectivity index (χ0n) is 19.2. The smallest absolute Gasteiger partial charge is 0.353 e. The summed E-state index contributed by atoms with van der Waals surface area (Å²) in [4.78, 5) is 53.6. The molecule has 0 radical (unpaired) electrons. The van der Waals surface area contributed by atoms with Gasteiger partial charge in [0.25, 0.3) is 0 Å². The Kier molecular flexibility index (Phi) is 7.00. The number of fused-ring (bicyclic) bond motifs is 1. The molecule has 4 rings (SSSR count). The Bertz CT molecular complexity index is 890. The highest BCUT2D eigenvalue weighted by Gasteiger charge is 2.60. The Morgan fingerprint density at radius 3 is 2.61 bits per heavy atom. The van der Waals surface area contributed by atoms with Crippen molar-refractivity contribution in [2.45, 2.75) is 49.7 Å². The molecule has 0 bridgehead atoms. The normalized spacial score (nSPS) is 34.2. The number of carbonyl (C=O) groups excluding carboxylic acids is 3. The molecule has 182 valence electrons. The topological polar surface area (TPSA) is 131 Å². The van der Waals surface area contributed by atoms with Gasteiger partial charge in [0, 0.05) is 54.4 Å². The number of nitrogens with zero attached hydrogens (tertiary/aromatic N) is 2. The number of likely N-dealkylation sites (N-methyl/N-ethyl adjacent to an activating group) is 1. The van der Waals surface area contributed by atoms with Crippen molar-refractivity contribution in [3.05, 3.63) is 10.6 Å². The van der Waals surface area contributed by atoms with E-state index in [1.54, 1.807) is 30.8 Å². The molecule has 0 aromatic heterocycles. The first-order valence-corrected chi connectivity index (χ1v) is 13.2. The number of thioether (sulfide) groups is 2. The molecule has 0 aromatic rings. The lowest BCUT2D eigenvalue weighted by Gasteiger charge is -2.47. The number of rotatable bonds is 7. The van der Waals surface area contributed by atoms with Crippen LogP contribution in [0, 0.1) is 11.8 Å². The summed E-state index contributed by atoms with van der Waals surface area (Å²) in [5.41, 5.74) is 0.0496. The number of amides is 3. The third-order valence-corrected chi connectivity index (χ3v) is 9.31. The molecule has 3 saturated heterocycles. The van der Waals surface area contributed by atoms with Gasteiger partial charge in [0.15, 0.2) is 0 Å². The van der Waals surface area contributed by atoms with Crippen molar-refractivity contribution in [1.82, 2.24) is 25.8 Å². The fourth-order valence-electron chi connectivity index (χ4n) is 5.15. The highest BCUT2D eigenvalue weighted by atomic mass is 32.2. The van der Waals surface area contributed by atoms with Crippen molar-refractivity contribution in [1.29, 1.82) is 0 Å². The largest absolute Gasteiger partial charge is 0.477 e. The van der Waals surface area contributed by atoms with Crippen molar-refractivity contribution >= 4 is 47.2 Å². The minimum Gasteiger partial charge on any atom is -0.477 e. The Labute approximate surface area is 201 Å². The van der Waals surface area contributed by atoms with E-state index in [0.29, 0.717) is 23.6 Å². The molecule has 0 aromatic carbocycles. The lowest BCUT2D eigenvalue weighted by molar-refractivity contribution is -0.158. The lowest BCUT2D eigenvalue weighted by atomic mass is 9.78. The Morgan fingerprint density at radius 1 is 1.27 bits per heavy atom. The molecule has 12 heteroatoms. The molecular formula is C21H31N5O5S2. The highest BCUT2D eigenvalue weighted by molar-refractivity contribution is 8.03. The molecule has 4 aliphatic heterocycles. The number of β-lactam (4-membered cyclic amide) rings is 1. The van der Waals surface area contributed by atoms with E-state index in [9.17, 15) is 24.3 Å². The minimum atomic E-state index is -1.12. The average Bonchev–Trinajstić information content (AvgIpc) is 3.48. The van der Waals surface area contributed by atoms with Crippen LogP contribution in [-0.2, 0) is 19.2 Å². The van der Waals surface area contributed by atoms with Crippen molar-refractivity contribution in [3.63, 3.8) is 0 Å². The van der Waals surface area contributed by atoms with Crippen LogP contribution in [0.3, 0.4) is 0 Å². The summed E-state index contributed by atoms with van der Waals surface area (Å²) in [6.45, 7) is 4.36. The highest BCUT2D eigenvalue weighted by Crippen LogP contribution is 2.51. The van der Waals surface area contributed by atoms with Gasteiger partial charge in [-0.2, -0.15) is 0 Å². The van der Waals surface area contributed by atoms with Crippen molar-refractivity contribution < 1.29 is 24.3 Å². The van der Waals surface area contributed by atoms with Crippen LogP contribution in [0.25, 0.3) is 0 Å². The minimum absolute atomic E-state index is 0.00351. The Hall–Kier alpha value is -1.76. The number of aliphatic carboxylic acids is 1. The fraction of sp³-hybridized carbons (Fsp3) is 0.714. The fourth-order valence-corrected chi connectivity index (χ4v) is 7.57. The van der Waals surface area contributed by atoms with Crippen LogP contribution in [0.15, 0.2) is 10.6 Å². The van der Waals surface area contributed by atoms with Gasteiger partial charge >= 0.3 is 5.97 Å². The second-order valence-electron chi connectivity index (χ2n) is 9.27. The summed E-state index contributed by atoms with van der Waals surface area (Å²) < 4.78 is 0. The molecule has 0 aliphatic carbocycles. The maximum atomic E-state index is 13.0. The maximum absolute atomic E-state index is 13.0. The second-order valence-corrected chi connectivity index (χ2v) is 11.6. The van der Waals surface area contributed by atoms with Crippen LogP contribution in [0.2, 0.25) is 0 Å². The molecular weight excluding hydrogens is 466 g/mol. The van der Waals surface area contributed by atoms with E-state index in [4.69, 9.17) is 0 Å². The number of carboxylic acid groups (broad SMARTS) is 1. The monoisotopic (exact) mass is 497 g/mol. The van der Waals surface area contributed by atoms with Gasteiger partial charge in [-0.25, -0.2) is 4.79 Å². The van der Waals surface area contributed by atoms with Gasteiger partial charge in [0.2, 0.25) is 17.7 Å². The molecule has 1 unspecified atom stereocenters. The molecule has 3 fully saturated rings. The summed E-state index contributed by atoms with van der Waals surface area (Å²) >= 11 is 3.11. The first-order chi connectivity index (χ1) is 15.6. The van der Waals surface area contributed by atoms with Gasteiger partial charge in [0.05, 0.1) is 24.0 Å². The second kappa shape index (κ2) is 9.47. The standard InChI is InChI=1S/C21H31N5O5S2/c1-9-15-14(10(2)24-18(27)13-7-32-8-23-13)20(29)26(15)16(21(30)31)17(9)33-11-5-12(22-6-11)19(28)25(3)4/h9-15,22-23H,5-8H2,1-4H3,(H,24,27)(H,30,31)/t9-,10-,11+,12+,13?,14-,15-/m1/s1. The molecule has 4 N–H and O–H groups in total. The molecule has 3 amide bonds. The average molecular weight is 498 g/mol. The van der Waals surface area contributed by atoms with Crippen LogP contribution in [0.1, 0.15) is 20.3 Å². The number of hydrogen-bond acceptors (Lipinski definition) is 8. The molecule has 7 atom stereocenters. The van der Waals surface area contributed by atoms with Gasteiger partial charge in [0.1, 0.15) is 5.70 Å². The van der Waals surface area contributed by atoms with E-state index in [1.807, 2.05) is 13.8 Å². The summed E-state index contributed by atoms with van der Waals surface area (Å²) in [5.74, 6) is -0.696. The number of carbonyl (C=O) groups is 4. The first-order valence-electron chi connectivity index (χ1n) is 11.1. The van der Waals surface area contributed by atoms with Gasteiger partial charge < -0.3 is 25.5 Å². The van der Waals surface area contributed by atoms with Crippen molar-refractivity contribution in [2.24, 2.45) is 11.8 Å². The van der Waals surface area contributed by atoms with E-state index in [1.165, 1.54) is 16.7 Å². The quantitative estimate of drug-likeness (QED) is 0.343. The Morgan fingerprint density at radius 2 is 2.00 bits per heavy atom. The van der Waals surface area contributed by atoms with Crippen molar-refractivity contribution in [3.8, 4) is 0 Å². The molecule has 33 heavy (non-hydrogen) atoms. The SMILES string of the molecule is C[C@@H](NC(=O)C1CSCN1)[C@H]1C(=O)N2C(C(=O)O)=C(S[C@@H]3CN[C@H](C(=O)N(C)C)C3)[C@H](C)[C@H]12. The predicted octanol–water partition coefficient (Wildman–Crippen LogP) is -0.522. The summed E-state index contributed by atoms with van der Waals surface area (Å²) in [5, 5.41) is 19.3. The zero-order chi connectivity index (χ0) is 24.0. The number of hydrogen-bond donors (Lipinski definition) is 4. The number of nitrogens with one attached hydrogen (secondary N) is 3. The van der Waals surface area contributed by atoms with Crippen LogP contribution in [0.5, 0.6) is 0 Å². The van der Waals surface area contributed by atoms with Gasteiger partial charge in [-0.3, -0.25) is 19.7 Å². The lowest BCUT2D eigenvalue weighted by Crippen LogP contribution is -2.66. The van der Waals surface area contributed by atoms with E-state index in [2.05, 4.69) is 16.0 Å². The molecule has 0 spiro atoms. The molecule has 10 nitrogen and oxygen atoms in total. The molecule has 0 saturated carbocycles. The van der Waals surface area contributed by atoms with Gasteiger partial charge in [-0.05, 0) is 13.3 Å². The van der Waals surface area contributed by atoms with Crippen LogP contribution >= 0.6 is 23.5 Å². The zero-order valence-corrected chi connectivity index (χ0v) is 20.8. The summed E-state index contributed by atoms with van der Waals surface area (Å²) in [6, 6.07) is -1.24. The maximum Gasteiger partial charge on any atom is 0.353 e. The van der Waals surface area contributed by atoms with E-state index < -0.39 is 17.9 Å². The van der Waals surface area contributed by atoms with Crippen LogP contribution < -0.4 is 16.0 Å². The third-order valence-electron chi connectivity index (χ3n) is 6.86. The van der Waals surface area contributed by atoms with Gasteiger partial charge in [-0.15, -0.1) is 23.5 Å². The van der Waals surface area contributed by atoms with E-state index in [-0.39, 0.29) is 52.7 Å². The number of carboxylic acids is 1. The Balaban J connectivity index is 1.45. The third kappa shape index (κ3) is 4.38. The van der Waals surface area contributed by atoms with Crippen LogP contribution in [-0.4, -0.2) is 100 Å². The molecule has 4 heterocycles. The van der Waals surface area contributed by atoms with E-state index >= 15 is 0 Å². The predicted molar refractivity (Wildman–Crippen MR) is 126 cm³/mol. The summed E-state index contributed by atoms with van der Waals surface area (Å²) in [6.07, 6.45) is 0.603. The first kappa shape index (κ1) is 24.4. The van der Waals surface area contributed by atoms with Crippen LogP contribution in [0.4, 0.5) is 0 Å². The van der Waals surface area contributed by atoms with Crippen molar-refractivity contribution in [2.75, 3.05) is 32.3 Å². The van der Waals surface area contributed by atoms with Gasteiger partial charge in [-0.1, -0.05) is 6.92 Å². The molecule has 4 aliphatic rings.